The number of aromatic nitrogens is 2. The fourth-order valence-corrected chi connectivity index (χ4v) is 3.79. The first-order chi connectivity index (χ1) is 14.2. The Labute approximate surface area is 171 Å². The third-order valence-electron chi connectivity index (χ3n) is 5.59. The van der Waals surface area contributed by atoms with E-state index in [0.717, 1.165) is 30.1 Å². The predicted molar refractivity (Wildman–Crippen MR) is 114 cm³/mol. The van der Waals surface area contributed by atoms with Crippen LogP contribution < -0.4 is 9.64 Å². The topological polar surface area (TPSA) is 50.6 Å². The van der Waals surface area contributed by atoms with E-state index >= 15 is 0 Å². The van der Waals surface area contributed by atoms with Gasteiger partial charge in [0, 0.05) is 31.9 Å². The highest BCUT2D eigenvalue weighted by Crippen LogP contribution is 2.23. The molecule has 0 bridgehead atoms. The zero-order valence-electron chi connectivity index (χ0n) is 16.9. The fourth-order valence-electron chi connectivity index (χ4n) is 3.79. The summed E-state index contributed by atoms with van der Waals surface area (Å²) in [7, 11) is 1.67. The number of imidazole rings is 1. The molecule has 0 spiro atoms. The molecule has 6 nitrogen and oxygen atoms in total. The highest BCUT2D eigenvalue weighted by molar-refractivity contribution is 5.92. The largest absolute Gasteiger partial charge is 0.497 e. The lowest BCUT2D eigenvalue weighted by molar-refractivity contribution is 0.0735. The smallest absolute Gasteiger partial charge is 0.272 e. The maximum atomic E-state index is 13.2. The Morgan fingerprint density at radius 1 is 1.00 bits per heavy atom. The number of carbonyl (C=O) groups is 1. The molecule has 150 valence electrons. The molecule has 1 atom stereocenters. The van der Waals surface area contributed by atoms with Crippen molar-refractivity contribution in [3.05, 3.63) is 78.4 Å². The van der Waals surface area contributed by atoms with Crippen molar-refractivity contribution in [3.8, 4) is 5.75 Å². The lowest BCUT2D eigenvalue weighted by Crippen LogP contribution is -2.49. The van der Waals surface area contributed by atoms with Crippen LogP contribution in [0.3, 0.4) is 0 Å². The molecule has 0 aliphatic carbocycles. The number of nitrogens with zero attached hydrogens (tertiary/aromatic N) is 4. The summed E-state index contributed by atoms with van der Waals surface area (Å²) in [5, 5.41) is 0. The number of carbonyl (C=O) groups excluding carboxylic acids is 1. The maximum absolute atomic E-state index is 13.2. The molecule has 2 aromatic carbocycles. The summed E-state index contributed by atoms with van der Waals surface area (Å²) in [4.78, 5) is 21.7. The van der Waals surface area contributed by atoms with Crippen LogP contribution in [0.1, 0.15) is 29.0 Å². The Kier molecular flexibility index (Phi) is 5.51. The fraction of sp³-hybridized carbons (Fsp3) is 0.304. The van der Waals surface area contributed by atoms with Crippen LogP contribution in [0, 0.1) is 0 Å². The number of hydrogen-bond acceptors (Lipinski definition) is 4. The highest BCUT2D eigenvalue weighted by atomic mass is 16.5. The van der Waals surface area contributed by atoms with E-state index in [1.54, 1.807) is 19.6 Å². The molecule has 0 saturated carbocycles. The van der Waals surface area contributed by atoms with Crippen LogP contribution in [-0.4, -0.2) is 53.6 Å². The minimum atomic E-state index is 0.0414. The monoisotopic (exact) mass is 390 g/mol. The number of piperazine rings is 1. The molecule has 4 rings (SSSR count). The molecule has 1 amide bonds. The zero-order chi connectivity index (χ0) is 20.2. The van der Waals surface area contributed by atoms with Gasteiger partial charge in [-0.1, -0.05) is 30.3 Å². The number of anilines is 1. The molecule has 1 aromatic heterocycles. The number of amides is 1. The van der Waals surface area contributed by atoms with Crippen LogP contribution in [-0.2, 0) is 0 Å². The second-order valence-corrected chi connectivity index (χ2v) is 7.25. The Hall–Kier alpha value is -3.28. The summed E-state index contributed by atoms with van der Waals surface area (Å²) in [6, 6.07) is 18.3. The van der Waals surface area contributed by atoms with Crippen LogP contribution in [0.2, 0.25) is 0 Å². The van der Waals surface area contributed by atoms with Gasteiger partial charge in [0.25, 0.3) is 5.91 Å². The number of hydrogen-bond donors (Lipinski definition) is 0. The van der Waals surface area contributed by atoms with Gasteiger partial charge in [-0.05, 0) is 36.8 Å². The second kappa shape index (κ2) is 8.39. The van der Waals surface area contributed by atoms with Gasteiger partial charge in [-0.15, -0.1) is 0 Å². The molecule has 0 N–H and O–H groups in total. The summed E-state index contributed by atoms with van der Waals surface area (Å²) in [6.45, 7) is 5.09. The Morgan fingerprint density at radius 3 is 2.34 bits per heavy atom. The molecular weight excluding hydrogens is 364 g/mol. The summed E-state index contributed by atoms with van der Waals surface area (Å²) >= 11 is 0. The zero-order valence-corrected chi connectivity index (χ0v) is 16.9. The number of benzene rings is 2. The third-order valence-corrected chi connectivity index (χ3v) is 5.59. The molecule has 0 radical (unpaired) electrons. The molecule has 1 saturated heterocycles. The van der Waals surface area contributed by atoms with Gasteiger partial charge in [-0.25, -0.2) is 4.98 Å². The van der Waals surface area contributed by atoms with E-state index in [4.69, 9.17) is 4.74 Å². The average molecular weight is 390 g/mol. The van der Waals surface area contributed by atoms with Gasteiger partial charge in [0.2, 0.25) is 0 Å². The lowest BCUT2D eigenvalue weighted by Gasteiger charge is -2.36. The normalized spacial score (nSPS) is 15.2. The van der Waals surface area contributed by atoms with Gasteiger partial charge in [0.1, 0.15) is 11.4 Å². The Bertz CT molecular complexity index is 945. The summed E-state index contributed by atoms with van der Waals surface area (Å²) in [5.41, 5.74) is 2.95. The van der Waals surface area contributed by atoms with Crippen LogP contribution in [0.25, 0.3) is 0 Å². The summed E-state index contributed by atoms with van der Waals surface area (Å²) in [5.74, 6) is 0.892. The Balaban J connectivity index is 1.43. The van der Waals surface area contributed by atoms with Gasteiger partial charge in [-0.3, -0.25) is 4.79 Å². The molecule has 1 aliphatic rings. The van der Waals surface area contributed by atoms with E-state index < -0.39 is 0 Å². The average Bonchev–Trinajstić information content (AvgIpc) is 3.29. The minimum Gasteiger partial charge on any atom is -0.497 e. The van der Waals surface area contributed by atoms with Crippen molar-refractivity contribution in [2.45, 2.75) is 13.0 Å². The maximum Gasteiger partial charge on any atom is 0.272 e. The van der Waals surface area contributed by atoms with Crippen molar-refractivity contribution in [1.29, 1.82) is 0 Å². The van der Waals surface area contributed by atoms with Crippen LogP contribution in [0.5, 0.6) is 5.75 Å². The van der Waals surface area contributed by atoms with E-state index in [9.17, 15) is 4.79 Å². The third kappa shape index (κ3) is 3.97. The minimum absolute atomic E-state index is 0.0414. The van der Waals surface area contributed by atoms with Gasteiger partial charge in [0.15, 0.2) is 0 Å². The van der Waals surface area contributed by atoms with E-state index in [1.165, 1.54) is 0 Å². The first kappa shape index (κ1) is 19.1. The predicted octanol–water partition coefficient (Wildman–Crippen LogP) is 3.46. The van der Waals surface area contributed by atoms with Crippen molar-refractivity contribution in [2.24, 2.45) is 0 Å². The van der Waals surface area contributed by atoms with Gasteiger partial charge in [-0.2, -0.15) is 0 Å². The molecule has 0 unspecified atom stereocenters. The van der Waals surface area contributed by atoms with E-state index in [2.05, 4.69) is 41.1 Å². The van der Waals surface area contributed by atoms with Crippen molar-refractivity contribution in [1.82, 2.24) is 14.5 Å². The second-order valence-electron chi connectivity index (χ2n) is 7.25. The van der Waals surface area contributed by atoms with E-state index in [-0.39, 0.29) is 11.9 Å². The molecule has 29 heavy (non-hydrogen) atoms. The van der Waals surface area contributed by atoms with Crippen molar-refractivity contribution in [3.63, 3.8) is 0 Å². The SMILES string of the molecule is COc1ccc(N2CCN(C(=O)c3cncn3[C@H](C)c3ccccc3)CC2)cc1. The standard InChI is InChI=1S/C23H26N4O2/c1-18(19-6-4-3-5-7-19)27-17-24-16-22(27)23(28)26-14-12-25(13-15-26)20-8-10-21(29-2)11-9-20/h3-11,16-18H,12-15H2,1-2H3/t18-/m1/s1. The molecule has 1 aliphatic heterocycles. The summed E-state index contributed by atoms with van der Waals surface area (Å²) < 4.78 is 7.19. The van der Waals surface area contributed by atoms with Crippen LogP contribution in [0.15, 0.2) is 67.1 Å². The number of methoxy groups -OCH3 is 1. The van der Waals surface area contributed by atoms with Crippen molar-refractivity contribution in [2.75, 3.05) is 38.2 Å². The highest BCUT2D eigenvalue weighted by Gasteiger charge is 2.26. The van der Waals surface area contributed by atoms with Crippen molar-refractivity contribution >= 4 is 11.6 Å². The van der Waals surface area contributed by atoms with Crippen LogP contribution >= 0.6 is 0 Å². The lowest BCUT2D eigenvalue weighted by atomic mass is 10.1. The molecular formula is C23H26N4O2. The molecule has 6 heteroatoms. The van der Waals surface area contributed by atoms with Gasteiger partial charge in [0.05, 0.1) is 25.7 Å². The molecule has 2 heterocycles. The van der Waals surface area contributed by atoms with Crippen LogP contribution in [0.4, 0.5) is 5.69 Å². The van der Waals surface area contributed by atoms with Gasteiger partial charge >= 0.3 is 0 Å². The Morgan fingerprint density at radius 2 is 1.69 bits per heavy atom. The quantitative estimate of drug-likeness (QED) is 0.669. The number of rotatable bonds is 5. The first-order valence-corrected chi connectivity index (χ1v) is 9.92. The summed E-state index contributed by atoms with van der Waals surface area (Å²) in [6.07, 6.45) is 3.43. The molecule has 1 fully saturated rings. The van der Waals surface area contributed by atoms with Crippen molar-refractivity contribution < 1.29 is 9.53 Å². The first-order valence-electron chi connectivity index (χ1n) is 9.92. The van der Waals surface area contributed by atoms with E-state index in [1.807, 2.05) is 39.8 Å². The van der Waals surface area contributed by atoms with E-state index in [0.29, 0.717) is 18.8 Å². The van der Waals surface area contributed by atoms with Gasteiger partial charge < -0.3 is 19.1 Å². The number of ether oxygens (including phenoxy) is 1. The molecule has 3 aromatic rings.